The highest BCUT2D eigenvalue weighted by Crippen LogP contribution is 2.02. The molecule has 3 nitrogen and oxygen atoms in total. The smallest absolute Gasteiger partial charge is 0.188 e. The number of nitrogens with zero attached hydrogens (tertiary/aromatic N) is 1. The van der Waals surface area contributed by atoms with Gasteiger partial charge in [-0.05, 0) is 25.3 Å². The normalized spacial score (nSPS) is 10.8. The van der Waals surface area contributed by atoms with Crippen LogP contribution >= 0.6 is 24.0 Å². The minimum Gasteiger partial charge on any atom is -0.370 e. The molecule has 0 amide bonds. The Hall–Kier alpha value is -0.780. The van der Waals surface area contributed by atoms with E-state index in [1.807, 2.05) is 0 Å². The molecule has 0 atom stereocenters. The van der Waals surface area contributed by atoms with Crippen molar-refractivity contribution in [2.45, 2.75) is 26.7 Å². The summed E-state index contributed by atoms with van der Waals surface area (Å²) in [5.41, 5.74) is 8.30. The molecule has 0 aliphatic carbocycles. The van der Waals surface area contributed by atoms with Crippen molar-refractivity contribution in [1.29, 1.82) is 0 Å². The molecule has 4 heteroatoms. The van der Waals surface area contributed by atoms with E-state index >= 15 is 0 Å². The van der Waals surface area contributed by atoms with E-state index in [0.717, 1.165) is 25.9 Å². The lowest BCUT2D eigenvalue weighted by atomic mass is 10.1. The maximum Gasteiger partial charge on any atom is 0.188 e. The Morgan fingerprint density at radius 1 is 1.29 bits per heavy atom. The summed E-state index contributed by atoms with van der Waals surface area (Å²) < 4.78 is 0. The van der Waals surface area contributed by atoms with Crippen LogP contribution in [0.25, 0.3) is 0 Å². The number of nitrogens with two attached hydrogens (primary N) is 1. The Morgan fingerprint density at radius 3 is 2.53 bits per heavy atom. The number of aryl methyl sites for hydroxylation is 1. The third-order valence-electron chi connectivity index (χ3n) is 2.35. The molecular weight excluding hydrogens is 325 g/mol. The van der Waals surface area contributed by atoms with Crippen molar-refractivity contribution in [3.63, 3.8) is 0 Å². The highest BCUT2D eigenvalue weighted by Gasteiger charge is 1.94. The summed E-state index contributed by atoms with van der Waals surface area (Å²) in [7, 11) is 0. The van der Waals surface area contributed by atoms with Crippen LogP contribution in [-0.2, 0) is 6.42 Å². The second-order valence-electron chi connectivity index (χ2n) is 3.93. The van der Waals surface area contributed by atoms with Crippen LogP contribution in [0.3, 0.4) is 0 Å². The van der Waals surface area contributed by atoms with Crippen molar-refractivity contribution in [3.05, 3.63) is 35.4 Å². The molecule has 0 aromatic heterocycles. The number of benzene rings is 1. The summed E-state index contributed by atoms with van der Waals surface area (Å²) in [5, 5.41) is 3.11. The van der Waals surface area contributed by atoms with E-state index in [9.17, 15) is 0 Å². The number of guanidine groups is 1. The molecule has 0 bridgehead atoms. The molecule has 1 aromatic carbocycles. The van der Waals surface area contributed by atoms with Crippen LogP contribution in [0.15, 0.2) is 29.3 Å². The second-order valence-corrected chi connectivity index (χ2v) is 3.93. The molecule has 17 heavy (non-hydrogen) atoms. The van der Waals surface area contributed by atoms with Gasteiger partial charge in [0.15, 0.2) is 5.96 Å². The van der Waals surface area contributed by atoms with Gasteiger partial charge in [-0.1, -0.05) is 36.8 Å². The fourth-order valence-electron chi connectivity index (χ4n) is 1.38. The molecule has 1 rings (SSSR count). The van der Waals surface area contributed by atoms with Gasteiger partial charge in [0.25, 0.3) is 0 Å². The lowest BCUT2D eigenvalue weighted by Crippen LogP contribution is -2.33. The molecule has 0 saturated carbocycles. The maximum atomic E-state index is 5.69. The quantitative estimate of drug-likeness (QED) is 0.488. The first kappa shape index (κ1) is 16.2. The Kier molecular flexibility index (Phi) is 8.85. The molecule has 0 heterocycles. The molecule has 0 fully saturated rings. The Morgan fingerprint density at radius 2 is 1.94 bits per heavy atom. The highest BCUT2D eigenvalue weighted by molar-refractivity contribution is 14.0. The number of halogens is 1. The van der Waals surface area contributed by atoms with Crippen LogP contribution in [0.4, 0.5) is 0 Å². The van der Waals surface area contributed by atoms with Crippen LogP contribution in [0.2, 0.25) is 0 Å². The topological polar surface area (TPSA) is 50.4 Å². The van der Waals surface area contributed by atoms with Crippen LogP contribution in [0.5, 0.6) is 0 Å². The van der Waals surface area contributed by atoms with Gasteiger partial charge in [0, 0.05) is 13.1 Å². The number of hydrogen-bond donors (Lipinski definition) is 2. The van der Waals surface area contributed by atoms with Crippen molar-refractivity contribution in [3.8, 4) is 0 Å². The summed E-state index contributed by atoms with van der Waals surface area (Å²) in [4.78, 5) is 4.17. The Bertz CT molecular complexity index is 333. The third kappa shape index (κ3) is 7.20. The number of nitrogens with one attached hydrogen (secondary N) is 1. The standard InChI is InChI=1S/C13H21N3.HI/c1-3-9-15-13(14)16-10-8-12-6-4-11(2)5-7-12;/h4-7H,3,8-10H2,1-2H3,(H3,14,15,16);1H. The average molecular weight is 347 g/mol. The molecule has 0 radical (unpaired) electrons. The zero-order valence-corrected chi connectivity index (χ0v) is 12.9. The fourth-order valence-corrected chi connectivity index (χ4v) is 1.38. The van der Waals surface area contributed by atoms with E-state index in [-0.39, 0.29) is 24.0 Å². The SMILES string of the molecule is CCCN=C(N)NCCc1ccc(C)cc1.I. The fraction of sp³-hybridized carbons (Fsp3) is 0.462. The van der Waals surface area contributed by atoms with Gasteiger partial charge in [0.2, 0.25) is 0 Å². The predicted octanol–water partition coefficient (Wildman–Crippen LogP) is 2.47. The van der Waals surface area contributed by atoms with E-state index in [1.54, 1.807) is 0 Å². The lowest BCUT2D eigenvalue weighted by molar-refractivity contribution is 0.839. The molecule has 1 aromatic rings. The van der Waals surface area contributed by atoms with Crippen molar-refractivity contribution in [1.82, 2.24) is 5.32 Å². The molecular formula is C13H22IN3. The van der Waals surface area contributed by atoms with E-state index in [0.29, 0.717) is 5.96 Å². The zero-order valence-electron chi connectivity index (χ0n) is 10.6. The first-order chi connectivity index (χ1) is 7.72. The van der Waals surface area contributed by atoms with Crippen LogP contribution in [0, 0.1) is 6.92 Å². The van der Waals surface area contributed by atoms with Crippen molar-refractivity contribution in [2.75, 3.05) is 13.1 Å². The second kappa shape index (κ2) is 9.27. The molecule has 96 valence electrons. The predicted molar refractivity (Wildman–Crippen MR) is 85.1 cm³/mol. The van der Waals surface area contributed by atoms with Gasteiger partial charge in [-0.2, -0.15) is 0 Å². The minimum absolute atomic E-state index is 0. The average Bonchev–Trinajstić information content (AvgIpc) is 2.29. The van der Waals surface area contributed by atoms with Crippen LogP contribution in [0.1, 0.15) is 24.5 Å². The first-order valence-corrected chi connectivity index (χ1v) is 5.81. The Balaban J connectivity index is 0.00000256. The van der Waals surface area contributed by atoms with Gasteiger partial charge < -0.3 is 11.1 Å². The van der Waals surface area contributed by atoms with Gasteiger partial charge >= 0.3 is 0 Å². The zero-order chi connectivity index (χ0) is 11.8. The Labute approximate surface area is 121 Å². The summed E-state index contributed by atoms with van der Waals surface area (Å²) in [6, 6.07) is 8.56. The number of aliphatic imine (C=N–C) groups is 1. The lowest BCUT2D eigenvalue weighted by Gasteiger charge is -2.05. The first-order valence-electron chi connectivity index (χ1n) is 5.81. The van der Waals surface area contributed by atoms with E-state index < -0.39 is 0 Å². The summed E-state index contributed by atoms with van der Waals surface area (Å²) in [6.07, 6.45) is 2.00. The number of rotatable bonds is 5. The van der Waals surface area contributed by atoms with Crippen molar-refractivity contribution >= 4 is 29.9 Å². The molecule has 0 saturated heterocycles. The van der Waals surface area contributed by atoms with Crippen LogP contribution < -0.4 is 11.1 Å². The summed E-state index contributed by atoms with van der Waals surface area (Å²) >= 11 is 0. The summed E-state index contributed by atoms with van der Waals surface area (Å²) in [6.45, 7) is 5.81. The molecule has 3 N–H and O–H groups in total. The monoisotopic (exact) mass is 347 g/mol. The van der Waals surface area contributed by atoms with Crippen molar-refractivity contribution in [2.24, 2.45) is 10.7 Å². The molecule has 0 unspecified atom stereocenters. The van der Waals surface area contributed by atoms with Crippen LogP contribution in [-0.4, -0.2) is 19.0 Å². The molecule has 0 aliphatic rings. The summed E-state index contributed by atoms with van der Waals surface area (Å²) in [5.74, 6) is 0.550. The third-order valence-corrected chi connectivity index (χ3v) is 2.35. The van der Waals surface area contributed by atoms with E-state index in [4.69, 9.17) is 5.73 Å². The highest BCUT2D eigenvalue weighted by atomic mass is 127. The van der Waals surface area contributed by atoms with E-state index in [2.05, 4.69) is 48.4 Å². The van der Waals surface area contributed by atoms with Gasteiger partial charge in [0.1, 0.15) is 0 Å². The minimum atomic E-state index is 0. The van der Waals surface area contributed by atoms with Gasteiger partial charge in [-0.3, -0.25) is 4.99 Å². The van der Waals surface area contributed by atoms with Crippen molar-refractivity contribution < 1.29 is 0 Å². The van der Waals surface area contributed by atoms with Gasteiger partial charge in [-0.25, -0.2) is 0 Å². The molecule has 0 aliphatic heterocycles. The number of hydrogen-bond acceptors (Lipinski definition) is 1. The largest absolute Gasteiger partial charge is 0.370 e. The van der Waals surface area contributed by atoms with Gasteiger partial charge in [0.05, 0.1) is 0 Å². The molecule has 0 spiro atoms. The van der Waals surface area contributed by atoms with E-state index in [1.165, 1.54) is 11.1 Å². The van der Waals surface area contributed by atoms with Gasteiger partial charge in [-0.15, -0.1) is 24.0 Å². The maximum absolute atomic E-state index is 5.69.